The molecule has 0 spiro atoms. The molecular weight excluding hydrogens is 560 g/mol. The smallest absolute Gasteiger partial charge is 0.368 e. The summed E-state index contributed by atoms with van der Waals surface area (Å²) in [6.07, 6.45) is -5.38. The maximum atomic E-state index is 13.6. The Bertz CT molecular complexity index is 1370. The van der Waals surface area contributed by atoms with E-state index in [4.69, 9.17) is 16.6 Å². The largest absolute Gasteiger partial charge is 0.416 e. The van der Waals surface area contributed by atoms with Crippen molar-refractivity contribution in [3.63, 3.8) is 0 Å². The van der Waals surface area contributed by atoms with Crippen LogP contribution in [0.1, 0.15) is 54.9 Å². The number of hydrazine groups is 1. The van der Waals surface area contributed by atoms with Crippen LogP contribution in [0.4, 0.5) is 32.2 Å². The van der Waals surface area contributed by atoms with Crippen molar-refractivity contribution in [3.05, 3.63) is 70.8 Å². The van der Waals surface area contributed by atoms with Gasteiger partial charge in [-0.2, -0.15) is 26.3 Å². The fourth-order valence-electron chi connectivity index (χ4n) is 5.39. The number of pyridine rings is 1. The van der Waals surface area contributed by atoms with Crippen molar-refractivity contribution in [2.75, 3.05) is 25.0 Å². The average Bonchev–Trinajstić information content (AvgIpc) is 3.43. The van der Waals surface area contributed by atoms with E-state index < -0.39 is 30.0 Å². The maximum absolute atomic E-state index is 13.6. The van der Waals surface area contributed by atoms with Crippen LogP contribution in [0.5, 0.6) is 0 Å². The van der Waals surface area contributed by atoms with Gasteiger partial charge in [0.25, 0.3) is 0 Å². The first-order chi connectivity index (χ1) is 19.7. The van der Waals surface area contributed by atoms with Gasteiger partial charge < -0.3 is 15.5 Å². The quantitative estimate of drug-likeness (QED) is 0.0989. The van der Waals surface area contributed by atoms with Crippen molar-refractivity contribution >= 4 is 22.7 Å². The van der Waals surface area contributed by atoms with Gasteiger partial charge in [-0.25, -0.2) is 15.9 Å². The molecule has 3 aromatic rings. The molecule has 228 valence electrons. The molecule has 0 atom stereocenters. The van der Waals surface area contributed by atoms with Crippen LogP contribution in [0.2, 0.25) is 0 Å². The average molecular weight is 596 g/mol. The summed E-state index contributed by atoms with van der Waals surface area (Å²) >= 11 is 0. The number of rotatable bonds is 9. The number of para-hydroxylation sites is 1. The first-order valence-electron chi connectivity index (χ1n) is 13.7. The molecule has 1 fully saturated rings. The van der Waals surface area contributed by atoms with Crippen LogP contribution in [-0.4, -0.2) is 41.1 Å². The summed E-state index contributed by atoms with van der Waals surface area (Å²) in [5.74, 6) is 6.68. The highest BCUT2D eigenvalue weighted by Gasteiger charge is 2.37. The van der Waals surface area contributed by atoms with Crippen LogP contribution in [0.3, 0.4) is 0 Å². The number of alkyl halides is 6. The van der Waals surface area contributed by atoms with Crippen molar-refractivity contribution in [3.8, 4) is 0 Å². The number of benzene rings is 2. The van der Waals surface area contributed by atoms with Gasteiger partial charge >= 0.3 is 12.4 Å². The second-order valence-corrected chi connectivity index (χ2v) is 10.7. The molecule has 2 aromatic carbocycles. The van der Waals surface area contributed by atoms with Crippen molar-refractivity contribution in [1.82, 2.24) is 15.0 Å². The van der Waals surface area contributed by atoms with Gasteiger partial charge in [0.15, 0.2) is 0 Å². The lowest BCUT2D eigenvalue weighted by molar-refractivity contribution is -0.143. The third-order valence-electron chi connectivity index (χ3n) is 7.38. The third-order valence-corrected chi connectivity index (χ3v) is 7.38. The maximum Gasteiger partial charge on any atom is 0.416 e. The Balaban J connectivity index is 1.79. The molecule has 1 aliphatic carbocycles. The number of nitrogens with two attached hydrogens (primary N) is 2. The Morgan fingerprint density at radius 2 is 1.57 bits per heavy atom. The molecule has 13 heteroatoms. The Morgan fingerprint density at radius 3 is 2.14 bits per heavy atom. The molecule has 1 aromatic heterocycles. The molecule has 0 amide bonds. The van der Waals surface area contributed by atoms with Crippen LogP contribution in [0, 0.1) is 5.92 Å². The highest BCUT2D eigenvalue weighted by atomic mass is 19.4. The van der Waals surface area contributed by atoms with Gasteiger partial charge in [0.1, 0.15) is 5.82 Å². The minimum absolute atomic E-state index is 0.00903. The first kappa shape index (κ1) is 31.2. The third kappa shape index (κ3) is 7.75. The number of hydrazone groups is 1. The van der Waals surface area contributed by atoms with Crippen LogP contribution < -0.4 is 16.5 Å². The van der Waals surface area contributed by atoms with E-state index in [0.717, 1.165) is 35.4 Å². The first-order valence-corrected chi connectivity index (χ1v) is 13.7. The van der Waals surface area contributed by atoms with E-state index in [-0.39, 0.29) is 24.1 Å². The summed E-state index contributed by atoms with van der Waals surface area (Å²) in [6.45, 7) is 3.08. The van der Waals surface area contributed by atoms with E-state index in [2.05, 4.69) is 10.0 Å². The summed E-state index contributed by atoms with van der Waals surface area (Å²) in [5.41, 5.74) is 4.67. The van der Waals surface area contributed by atoms with Crippen LogP contribution in [0.15, 0.2) is 53.6 Å². The van der Waals surface area contributed by atoms with E-state index >= 15 is 0 Å². The predicted octanol–water partition coefficient (Wildman–Crippen LogP) is 6.33. The second-order valence-electron chi connectivity index (χ2n) is 10.7. The highest BCUT2D eigenvalue weighted by Crippen LogP contribution is 2.37. The van der Waals surface area contributed by atoms with E-state index in [9.17, 15) is 26.3 Å². The van der Waals surface area contributed by atoms with E-state index in [1.165, 1.54) is 24.8 Å². The number of anilines is 1. The van der Waals surface area contributed by atoms with E-state index in [1.54, 1.807) is 0 Å². The SMILES string of the molecule is CCN(CC1CCCC1)c1nc2ccccc2cc1CN(Cc1cc(C(F)(F)F)cc(C(F)(F)F)c1)/C(N)=N\N(C)N. The van der Waals surface area contributed by atoms with Gasteiger partial charge in [0.05, 0.1) is 16.6 Å². The Hall–Kier alpha value is -3.74. The van der Waals surface area contributed by atoms with E-state index in [0.29, 0.717) is 36.0 Å². The van der Waals surface area contributed by atoms with Gasteiger partial charge in [-0.15, -0.1) is 5.10 Å². The molecule has 1 heterocycles. The Kier molecular flexibility index (Phi) is 9.39. The number of guanidine groups is 1. The number of hydrogen-bond acceptors (Lipinski definition) is 5. The lowest BCUT2D eigenvalue weighted by atomic mass is 10.0. The molecule has 4 N–H and O–H groups in total. The summed E-state index contributed by atoms with van der Waals surface area (Å²) in [7, 11) is 1.40. The lowest BCUT2D eigenvalue weighted by Crippen LogP contribution is -2.40. The van der Waals surface area contributed by atoms with Gasteiger partial charge in [-0.1, -0.05) is 31.0 Å². The number of fused-ring (bicyclic) bond motifs is 1. The molecule has 0 unspecified atom stereocenters. The van der Waals surface area contributed by atoms with Crippen molar-refractivity contribution in [2.45, 2.75) is 58.0 Å². The fraction of sp³-hybridized carbons (Fsp3) is 0.448. The molecule has 1 saturated carbocycles. The zero-order valence-electron chi connectivity index (χ0n) is 23.5. The molecule has 0 saturated heterocycles. The zero-order chi connectivity index (χ0) is 30.7. The summed E-state index contributed by atoms with van der Waals surface area (Å²) < 4.78 is 81.5. The summed E-state index contributed by atoms with van der Waals surface area (Å²) in [4.78, 5) is 8.52. The standard InChI is InChI=1S/C29H35F6N7/c1-3-41(16-19-8-4-5-9-19)26-22(14-21-10-6-7-11-25(21)38-26)18-42(27(36)39-40(2)37)17-20-12-23(28(30,31)32)15-24(13-20)29(33,34)35/h6-7,10-15,19H,3-5,8-9,16-18,37H2,1-2H3,(H2,36,39). The van der Waals surface area contributed by atoms with Crippen molar-refractivity contribution in [1.29, 1.82) is 0 Å². The monoisotopic (exact) mass is 595 g/mol. The number of aromatic nitrogens is 1. The molecule has 0 radical (unpaired) electrons. The molecule has 4 rings (SSSR count). The summed E-state index contributed by atoms with van der Waals surface area (Å²) in [6, 6.07) is 10.9. The highest BCUT2D eigenvalue weighted by molar-refractivity contribution is 5.82. The van der Waals surface area contributed by atoms with Crippen LogP contribution in [-0.2, 0) is 25.4 Å². The Morgan fingerprint density at radius 1 is 0.952 bits per heavy atom. The van der Waals surface area contributed by atoms with Crippen molar-refractivity contribution < 1.29 is 26.3 Å². The van der Waals surface area contributed by atoms with Crippen molar-refractivity contribution in [2.24, 2.45) is 22.6 Å². The minimum atomic E-state index is -4.98. The van der Waals surface area contributed by atoms with E-state index in [1.807, 2.05) is 37.3 Å². The molecular formula is C29H35F6N7. The fourth-order valence-corrected chi connectivity index (χ4v) is 5.39. The topological polar surface area (TPSA) is 87.0 Å². The van der Waals surface area contributed by atoms with Gasteiger partial charge in [0.2, 0.25) is 5.96 Å². The van der Waals surface area contributed by atoms with Crippen LogP contribution in [0.25, 0.3) is 10.9 Å². The summed E-state index contributed by atoms with van der Waals surface area (Å²) in [5, 5.41) is 5.76. The van der Waals surface area contributed by atoms with Gasteiger partial charge in [-0.05, 0) is 61.6 Å². The predicted molar refractivity (Wildman–Crippen MR) is 151 cm³/mol. The molecule has 0 bridgehead atoms. The zero-order valence-corrected chi connectivity index (χ0v) is 23.5. The number of nitrogens with zero attached hydrogens (tertiary/aromatic N) is 5. The molecule has 1 aliphatic rings. The lowest BCUT2D eigenvalue weighted by Gasteiger charge is -2.31. The van der Waals surface area contributed by atoms with Gasteiger partial charge in [0, 0.05) is 44.2 Å². The van der Waals surface area contributed by atoms with Gasteiger partial charge in [-0.3, -0.25) is 0 Å². The number of hydrogen-bond donors (Lipinski definition) is 2. The Labute approximate surface area is 240 Å². The number of halogens is 6. The molecule has 0 aliphatic heterocycles. The molecule has 7 nitrogen and oxygen atoms in total. The normalized spacial score (nSPS) is 14.9. The molecule has 42 heavy (non-hydrogen) atoms. The minimum Gasteiger partial charge on any atom is -0.368 e. The van der Waals surface area contributed by atoms with Crippen LogP contribution >= 0.6 is 0 Å². The second kappa shape index (κ2) is 12.6.